The molecule has 1 aromatic carbocycles. The van der Waals surface area contributed by atoms with Gasteiger partial charge in [-0.25, -0.2) is 8.42 Å². The van der Waals surface area contributed by atoms with E-state index in [1.54, 1.807) is 22.5 Å². The minimum Gasteiger partial charge on any atom is -0.320 e. The van der Waals surface area contributed by atoms with Crippen LogP contribution in [0.3, 0.4) is 0 Å². The highest BCUT2D eigenvalue weighted by Crippen LogP contribution is 2.28. The minimum atomic E-state index is -3.43. The Morgan fingerprint density at radius 2 is 1.95 bits per heavy atom. The third kappa shape index (κ3) is 4.59. The maximum atomic E-state index is 12.7. The van der Waals surface area contributed by atoms with E-state index in [2.05, 4.69) is 5.32 Å². The third-order valence-corrected chi connectivity index (χ3v) is 6.42. The van der Waals surface area contributed by atoms with E-state index in [1.807, 2.05) is 14.0 Å². The highest BCUT2D eigenvalue weighted by molar-refractivity contribution is 7.89. The molecule has 0 unspecified atom stereocenters. The van der Waals surface area contributed by atoms with Gasteiger partial charge in [-0.3, -0.25) is 0 Å². The van der Waals surface area contributed by atoms with Crippen molar-refractivity contribution < 1.29 is 8.42 Å². The van der Waals surface area contributed by atoms with Gasteiger partial charge in [0.15, 0.2) is 0 Å². The Balaban J connectivity index is 0.00000242. The Morgan fingerprint density at radius 1 is 1.32 bits per heavy atom. The number of aryl methyl sites for hydroxylation is 1. The summed E-state index contributed by atoms with van der Waals surface area (Å²) in [5.41, 5.74) is 0.747. The van der Waals surface area contributed by atoms with Gasteiger partial charge in [0.05, 0.1) is 4.90 Å². The van der Waals surface area contributed by atoms with E-state index in [0.717, 1.165) is 31.4 Å². The summed E-state index contributed by atoms with van der Waals surface area (Å²) in [5.74, 6) is 0.615. The number of nitrogens with zero attached hydrogens (tertiary/aromatic N) is 1. The van der Waals surface area contributed by atoms with Crippen molar-refractivity contribution in [1.29, 1.82) is 0 Å². The normalized spacial score (nSPS) is 17.2. The molecule has 4 nitrogen and oxygen atoms in total. The van der Waals surface area contributed by atoms with Crippen molar-refractivity contribution in [3.63, 3.8) is 0 Å². The maximum Gasteiger partial charge on any atom is 0.243 e. The number of benzene rings is 1. The Morgan fingerprint density at radius 3 is 2.55 bits per heavy atom. The first kappa shape index (κ1) is 19.7. The molecule has 1 aromatic rings. The predicted molar refractivity (Wildman–Crippen MR) is 93.5 cm³/mol. The number of rotatable bonds is 5. The summed E-state index contributed by atoms with van der Waals surface area (Å²) in [6, 6.07) is 5.04. The molecule has 1 aliphatic rings. The second-order valence-electron chi connectivity index (χ2n) is 5.65. The van der Waals surface area contributed by atoms with Crippen LogP contribution < -0.4 is 5.32 Å². The average molecular weight is 367 g/mol. The lowest BCUT2D eigenvalue weighted by Crippen LogP contribution is -2.39. The Labute approximate surface area is 144 Å². The molecule has 0 amide bonds. The molecule has 0 aliphatic carbocycles. The van der Waals surface area contributed by atoms with Crippen LogP contribution in [-0.2, 0) is 10.0 Å². The highest BCUT2D eigenvalue weighted by Gasteiger charge is 2.30. The van der Waals surface area contributed by atoms with E-state index >= 15 is 0 Å². The molecule has 1 heterocycles. The predicted octanol–water partition coefficient (Wildman–Crippen LogP) is 3.08. The molecule has 1 fully saturated rings. The van der Waals surface area contributed by atoms with Gasteiger partial charge in [-0.2, -0.15) is 4.31 Å². The van der Waals surface area contributed by atoms with Crippen molar-refractivity contribution in [2.75, 3.05) is 26.7 Å². The van der Waals surface area contributed by atoms with Gasteiger partial charge in [-0.15, -0.1) is 12.4 Å². The number of sulfonamides is 1. The Hall–Kier alpha value is -0.330. The van der Waals surface area contributed by atoms with Gasteiger partial charge in [-0.05, 0) is 63.4 Å². The third-order valence-electron chi connectivity index (χ3n) is 4.14. The van der Waals surface area contributed by atoms with Gasteiger partial charge in [0.1, 0.15) is 0 Å². The van der Waals surface area contributed by atoms with Gasteiger partial charge < -0.3 is 5.32 Å². The number of halogens is 2. The van der Waals surface area contributed by atoms with Gasteiger partial charge in [0.2, 0.25) is 10.0 Å². The monoisotopic (exact) mass is 366 g/mol. The highest BCUT2D eigenvalue weighted by atomic mass is 35.5. The molecular weight excluding hydrogens is 343 g/mol. The summed E-state index contributed by atoms with van der Waals surface area (Å²) in [6.45, 7) is 4.00. The van der Waals surface area contributed by atoms with Crippen LogP contribution in [0.5, 0.6) is 0 Å². The van der Waals surface area contributed by atoms with Crippen LogP contribution in [0.25, 0.3) is 0 Å². The standard InChI is InChI=1S/C15H23ClN2O2S.ClH/c1-12-3-4-14(16)11-15(12)21(19,20)18-9-6-13(7-10-18)5-8-17-2;/h3-4,11,13,17H,5-10H2,1-2H3;1H. The van der Waals surface area contributed by atoms with E-state index in [1.165, 1.54) is 0 Å². The summed E-state index contributed by atoms with van der Waals surface area (Å²) in [5, 5.41) is 3.61. The van der Waals surface area contributed by atoms with Crippen LogP contribution >= 0.6 is 24.0 Å². The molecule has 1 saturated heterocycles. The Bertz CT molecular complexity index is 585. The number of hydrogen-bond acceptors (Lipinski definition) is 3. The molecule has 126 valence electrons. The van der Waals surface area contributed by atoms with Crippen molar-refractivity contribution in [2.45, 2.75) is 31.1 Å². The van der Waals surface area contributed by atoms with Crippen molar-refractivity contribution in [2.24, 2.45) is 5.92 Å². The topological polar surface area (TPSA) is 49.4 Å². The van der Waals surface area contributed by atoms with E-state index in [0.29, 0.717) is 28.9 Å². The van der Waals surface area contributed by atoms with E-state index in [9.17, 15) is 8.42 Å². The summed E-state index contributed by atoms with van der Waals surface area (Å²) in [4.78, 5) is 0.337. The molecule has 0 bridgehead atoms. The maximum absolute atomic E-state index is 12.7. The van der Waals surface area contributed by atoms with Crippen LogP contribution in [-0.4, -0.2) is 39.4 Å². The fourth-order valence-corrected chi connectivity index (χ4v) is 4.74. The lowest BCUT2D eigenvalue weighted by Gasteiger charge is -2.31. The minimum absolute atomic E-state index is 0. The van der Waals surface area contributed by atoms with Crippen LogP contribution in [0.4, 0.5) is 0 Å². The lowest BCUT2D eigenvalue weighted by atomic mass is 9.95. The molecule has 0 radical (unpaired) electrons. The van der Waals surface area contributed by atoms with Gasteiger partial charge >= 0.3 is 0 Å². The number of nitrogens with one attached hydrogen (secondary N) is 1. The van der Waals surface area contributed by atoms with Crippen LogP contribution in [0, 0.1) is 12.8 Å². The summed E-state index contributed by atoms with van der Waals surface area (Å²) in [6.07, 6.45) is 2.97. The average Bonchev–Trinajstić information content (AvgIpc) is 2.48. The largest absolute Gasteiger partial charge is 0.320 e. The van der Waals surface area contributed by atoms with Gasteiger partial charge in [0, 0.05) is 18.1 Å². The molecule has 7 heteroatoms. The first-order valence-electron chi connectivity index (χ1n) is 7.36. The fourth-order valence-electron chi connectivity index (χ4n) is 2.78. The molecule has 2 rings (SSSR count). The zero-order valence-electron chi connectivity index (χ0n) is 13.0. The molecule has 0 aromatic heterocycles. The van der Waals surface area contributed by atoms with E-state index < -0.39 is 10.0 Å². The fraction of sp³-hybridized carbons (Fsp3) is 0.600. The summed E-state index contributed by atoms with van der Waals surface area (Å²) >= 11 is 5.95. The second kappa shape index (κ2) is 8.50. The molecule has 1 aliphatic heterocycles. The van der Waals surface area contributed by atoms with Crippen molar-refractivity contribution >= 4 is 34.0 Å². The van der Waals surface area contributed by atoms with Gasteiger partial charge in [-0.1, -0.05) is 17.7 Å². The van der Waals surface area contributed by atoms with Crippen molar-refractivity contribution in [1.82, 2.24) is 9.62 Å². The molecular formula is C15H24Cl2N2O2S. The van der Waals surface area contributed by atoms with Gasteiger partial charge in [0.25, 0.3) is 0 Å². The van der Waals surface area contributed by atoms with E-state index in [4.69, 9.17) is 11.6 Å². The van der Waals surface area contributed by atoms with Crippen molar-refractivity contribution in [3.05, 3.63) is 28.8 Å². The number of piperidine rings is 1. The lowest BCUT2D eigenvalue weighted by molar-refractivity contribution is 0.263. The number of hydrogen-bond donors (Lipinski definition) is 1. The molecule has 0 spiro atoms. The zero-order chi connectivity index (χ0) is 15.5. The molecule has 1 N–H and O–H groups in total. The molecule has 0 saturated carbocycles. The second-order valence-corrected chi connectivity index (χ2v) is 7.99. The zero-order valence-corrected chi connectivity index (χ0v) is 15.4. The molecule has 22 heavy (non-hydrogen) atoms. The van der Waals surface area contributed by atoms with Crippen LogP contribution in [0.15, 0.2) is 23.1 Å². The van der Waals surface area contributed by atoms with E-state index in [-0.39, 0.29) is 12.4 Å². The Kier molecular flexibility index (Phi) is 7.62. The SMILES string of the molecule is CNCCC1CCN(S(=O)(=O)c2cc(Cl)ccc2C)CC1.Cl. The quantitative estimate of drug-likeness (QED) is 0.870. The van der Waals surface area contributed by atoms with Crippen LogP contribution in [0.2, 0.25) is 5.02 Å². The first-order valence-corrected chi connectivity index (χ1v) is 9.18. The summed E-state index contributed by atoms with van der Waals surface area (Å²) < 4.78 is 27.1. The molecule has 0 atom stereocenters. The van der Waals surface area contributed by atoms with Crippen LogP contribution in [0.1, 0.15) is 24.8 Å². The first-order chi connectivity index (χ1) is 9.95. The van der Waals surface area contributed by atoms with Crippen molar-refractivity contribution in [3.8, 4) is 0 Å². The summed E-state index contributed by atoms with van der Waals surface area (Å²) in [7, 11) is -1.48. The smallest absolute Gasteiger partial charge is 0.243 e.